The summed E-state index contributed by atoms with van der Waals surface area (Å²) in [6.45, 7) is 0. The van der Waals surface area contributed by atoms with Crippen molar-refractivity contribution in [1.29, 1.82) is 0 Å². The fourth-order valence-electron chi connectivity index (χ4n) is 3.03. The second-order valence-electron chi connectivity index (χ2n) is 5.73. The molecule has 8 heteroatoms. The van der Waals surface area contributed by atoms with Gasteiger partial charge < -0.3 is 15.4 Å². The Morgan fingerprint density at radius 3 is 2.92 bits per heavy atom. The number of aliphatic hydroxyl groups is 1. The third-order valence-electron chi connectivity index (χ3n) is 4.21. The van der Waals surface area contributed by atoms with E-state index in [0.717, 1.165) is 10.3 Å². The molecule has 1 atom stereocenters. The van der Waals surface area contributed by atoms with Crippen molar-refractivity contribution in [3.8, 4) is 0 Å². The largest absolute Gasteiger partial charge is 0.367 e. The molecule has 3 N–H and O–H groups in total. The molecule has 0 saturated heterocycles. The van der Waals surface area contributed by atoms with Crippen LogP contribution in [-0.2, 0) is 12.1 Å². The molecule has 124 valence electrons. The topological polar surface area (TPSA) is 65.1 Å². The van der Waals surface area contributed by atoms with Crippen LogP contribution in [0.3, 0.4) is 0 Å². The highest BCUT2D eigenvalue weighted by Gasteiger charge is 2.38. The minimum atomic E-state index is -1.59. The zero-order chi connectivity index (χ0) is 17.1. The fourth-order valence-corrected chi connectivity index (χ4v) is 4.51. The molecule has 0 spiro atoms. The molecular formula is C16H11Cl2FN2O2S. The molecule has 0 fully saturated rings. The Bertz CT molecular complexity index is 984. The summed E-state index contributed by atoms with van der Waals surface area (Å²) in [7, 11) is 0. The van der Waals surface area contributed by atoms with Crippen molar-refractivity contribution in [2.45, 2.75) is 18.6 Å². The summed E-state index contributed by atoms with van der Waals surface area (Å²) in [5, 5.41) is 13.7. The van der Waals surface area contributed by atoms with Gasteiger partial charge in [-0.05, 0) is 30.2 Å². The Kier molecular flexibility index (Phi) is 3.61. The van der Waals surface area contributed by atoms with Crippen LogP contribution >= 0.6 is 34.5 Å². The number of aryl methyl sites for hydroxylation is 1. The van der Waals surface area contributed by atoms with Crippen LogP contribution in [0.15, 0.2) is 24.3 Å². The molecule has 0 radical (unpaired) electrons. The second-order valence-corrected chi connectivity index (χ2v) is 7.76. The highest BCUT2D eigenvalue weighted by molar-refractivity contribution is 7.23. The second kappa shape index (κ2) is 5.46. The Morgan fingerprint density at radius 1 is 1.38 bits per heavy atom. The minimum Gasteiger partial charge on any atom is -0.367 e. The number of rotatable bonds is 2. The number of aromatic amines is 1. The van der Waals surface area contributed by atoms with Gasteiger partial charge >= 0.3 is 0 Å². The van der Waals surface area contributed by atoms with Crippen molar-refractivity contribution in [3.05, 3.63) is 56.3 Å². The molecule has 4 rings (SSSR count). The summed E-state index contributed by atoms with van der Waals surface area (Å²) < 4.78 is 14.7. The van der Waals surface area contributed by atoms with Crippen molar-refractivity contribution < 1.29 is 14.3 Å². The fraction of sp³-hybridized carbons (Fsp3) is 0.188. The van der Waals surface area contributed by atoms with Crippen LogP contribution in [0.1, 0.15) is 28.0 Å². The number of thiophene rings is 1. The number of carbonyl (C=O) groups excluding carboxylic acids is 1. The highest BCUT2D eigenvalue weighted by atomic mass is 35.5. The quantitative estimate of drug-likeness (QED) is 0.579. The minimum absolute atomic E-state index is 0.257. The van der Waals surface area contributed by atoms with Gasteiger partial charge in [-0.2, -0.15) is 0 Å². The van der Waals surface area contributed by atoms with Gasteiger partial charge in [-0.1, -0.05) is 29.3 Å². The van der Waals surface area contributed by atoms with E-state index in [0.29, 0.717) is 33.3 Å². The summed E-state index contributed by atoms with van der Waals surface area (Å²) in [6.07, 6.45) is 0.854. The Hall–Kier alpha value is -1.60. The zero-order valence-corrected chi connectivity index (χ0v) is 14.4. The maximum atomic E-state index is 13.5. The molecule has 2 aromatic heterocycles. The maximum Gasteiger partial charge on any atom is 0.270 e. The van der Waals surface area contributed by atoms with Crippen LogP contribution in [0.2, 0.25) is 9.36 Å². The van der Waals surface area contributed by atoms with Crippen molar-refractivity contribution in [3.63, 3.8) is 0 Å². The van der Waals surface area contributed by atoms with Gasteiger partial charge in [0.1, 0.15) is 15.8 Å². The van der Waals surface area contributed by atoms with E-state index < -0.39 is 17.4 Å². The van der Waals surface area contributed by atoms with E-state index in [1.54, 1.807) is 12.1 Å². The van der Waals surface area contributed by atoms with Crippen LogP contribution in [0, 0.1) is 5.82 Å². The monoisotopic (exact) mass is 384 g/mol. The first-order chi connectivity index (χ1) is 11.4. The first-order valence-electron chi connectivity index (χ1n) is 7.18. The number of hydrogen-bond acceptors (Lipinski definition) is 3. The van der Waals surface area contributed by atoms with Crippen molar-refractivity contribution in [1.82, 2.24) is 10.3 Å². The highest BCUT2D eigenvalue weighted by Crippen LogP contribution is 2.39. The van der Waals surface area contributed by atoms with Gasteiger partial charge in [0.25, 0.3) is 5.91 Å². The molecule has 3 aromatic rings. The summed E-state index contributed by atoms with van der Waals surface area (Å²) in [6, 6.07) is 5.85. The molecule has 1 aromatic carbocycles. The molecule has 24 heavy (non-hydrogen) atoms. The summed E-state index contributed by atoms with van der Waals surface area (Å²) in [4.78, 5) is 15.4. The molecule has 0 bridgehead atoms. The first kappa shape index (κ1) is 15.9. The van der Waals surface area contributed by atoms with Crippen LogP contribution in [0.4, 0.5) is 4.39 Å². The third kappa shape index (κ3) is 2.41. The lowest BCUT2D eigenvalue weighted by Gasteiger charge is -2.25. The lowest BCUT2D eigenvalue weighted by molar-refractivity contribution is 0.00469. The van der Waals surface area contributed by atoms with Gasteiger partial charge in [0.15, 0.2) is 5.72 Å². The van der Waals surface area contributed by atoms with E-state index in [1.807, 2.05) is 0 Å². The lowest BCUT2D eigenvalue weighted by atomic mass is 10.0. The van der Waals surface area contributed by atoms with Crippen LogP contribution in [-0.4, -0.2) is 16.0 Å². The number of carbonyl (C=O) groups is 1. The Morgan fingerprint density at radius 2 is 2.17 bits per heavy atom. The summed E-state index contributed by atoms with van der Waals surface area (Å²) in [5.41, 5.74) is 0.468. The number of halogens is 3. The number of hydrogen-bond donors (Lipinski definition) is 3. The molecular weight excluding hydrogens is 374 g/mol. The van der Waals surface area contributed by atoms with E-state index in [1.165, 1.54) is 23.5 Å². The van der Waals surface area contributed by atoms with Gasteiger partial charge in [0.05, 0.1) is 15.2 Å². The number of H-pyrrole nitrogens is 1. The SMILES string of the molecule is O=C(NC1(O)CCc2ccc(F)cc21)c1cc2sc(Cl)c(Cl)c2[nH]1. The van der Waals surface area contributed by atoms with Crippen LogP contribution in [0.5, 0.6) is 0 Å². The average molecular weight is 385 g/mol. The van der Waals surface area contributed by atoms with E-state index in [9.17, 15) is 14.3 Å². The van der Waals surface area contributed by atoms with Gasteiger partial charge in [-0.25, -0.2) is 4.39 Å². The van der Waals surface area contributed by atoms with Crippen molar-refractivity contribution in [2.24, 2.45) is 0 Å². The average Bonchev–Trinajstić information content (AvgIpc) is 3.16. The molecule has 0 aliphatic heterocycles. The molecule has 4 nitrogen and oxygen atoms in total. The van der Waals surface area contributed by atoms with Crippen molar-refractivity contribution >= 4 is 50.7 Å². The Labute approximate surface area is 150 Å². The van der Waals surface area contributed by atoms with Gasteiger partial charge in [-0.15, -0.1) is 11.3 Å². The lowest BCUT2D eigenvalue weighted by Crippen LogP contribution is -2.44. The predicted octanol–water partition coefficient (Wildman–Crippen LogP) is 4.20. The van der Waals surface area contributed by atoms with Crippen LogP contribution < -0.4 is 5.32 Å². The number of fused-ring (bicyclic) bond motifs is 2. The molecule has 1 amide bonds. The summed E-state index contributed by atoms with van der Waals surface area (Å²) >= 11 is 13.3. The van der Waals surface area contributed by atoms with Crippen LogP contribution in [0.25, 0.3) is 10.2 Å². The number of nitrogens with one attached hydrogen (secondary N) is 2. The number of amides is 1. The van der Waals surface area contributed by atoms with Gasteiger partial charge in [0, 0.05) is 12.0 Å². The summed E-state index contributed by atoms with van der Waals surface area (Å²) in [5.74, 6) is -0.949. The zero-order valence-electron chi connectivity index (χ0n) is 12.1. The van der Waals surface area contributed by atoms with Gasteiger partial charge in [0.2, 0.25) is 0 Å². The Balaban J connectivity index is 1.65. The van der Waals surface area contributed by atoms with E-state index in [-0.39, 0.29) is 5.69 Å². The molecule has 1 aliphatic carbocycles. The number of aromatic nitrogens is 1. The molecule has 2 heterocycles. The smallest absolute Gasteiger partial charge is 0.270 e. The van der Waals surface area contributed by atoms with E-state index >= 15 is 0 Å². The molecule has 0 saturated carbocycles. The number of benzene rings is 1. The normalized spacial score (nSPS) is 19.7. The molecule has 1 unspecified atom stereocenters. The van der Waals surface area contributed by atoms with Gasteiger partial charge in [-0.3, -0.25) is 4.79 Å². The maximum absolute atomic E-state index is 13.5. The van der Waals surface area contributed by atoms with Crippen molar-refractivity contribution in [2.75, 3.05) is 0 Å². The molecule has 1 aliphatic rings. The van der Waals surface area contributed by atoms with E-state index in [2.05, 4.69) is 10.3 Å². The predicted molar refractivity (Wildman–Crippen MR) is 92.3 cm³/mol. The first-order valence-corrected chi connectivity index (χ1v) is 8.75. The third-order valence-corrected chi connectivity index (χ3v) is 6.14. The van der Waals surface area contributed by atoms with E-state index in [4.69, 9.17) is 23.2 Å². The standard InChI is InChI=1S/C16H11Cl2FN2O2S/c17-12-13-11(24-14(12)18)6-10(20-13)15(22)21-16(23)4-3-7-1-2-8(19)5-9(7)16/h1-2,5-6,20,23H,3-4H2,(H,21,22).